The molecule has 1 amide bonds. The van der Waals surface area contributed by atoms with Crippen LogP contribution >= 0.6 is 11.8 Å². The van der Waals surface area contributed by atoms with Crippen molar-refractivity contribution in [2.75, 3.05) is 12.0 Å². The summed E-state index contributed by atoms with van der Waals surface area (Å²) < 4.78 is 13.1. The summed E-state index contributed by atoms with van der Waals surface area (Å²) in [5, 5.41) is 18.8. The van der Waals surface area contributed by atoms with Crippen molar-refractivity contribution < 1.29 is 19.1 Å². The van der Waals surface area contributed by atoms with E-state index in [1.54, 1.807) is 19.1 Å². The molecule has 2 rings (SSSR count). The molecule has 0 bridgehead atoms. The van der Waals surface area contributed by atoms with Crippen molar-refractivity contribution in [3.05, 3.63) is 41.3 Å². The van der Waals surface area contributed by atoms with Crippen molar-refractivity contribution in [1.29, 1.82) is 0 Å². The number of aromatic amines is 1. The molecular formula is C17H20FN3O3S. The number of aliphatic carboxylic acids is 1. The number of hydrogen-bond donors (Lipinski definition) is 3. The third-order valence-electron chi connectivity index (χ3n) is 3.77. The average Bonchev–Trinajstić information content (AvgIpc) is 2.93. The summed E-state index contributed by atoms with van der Waals surface area (Å²) in [6.45, 7) is 1.78. The summed E-state index contributed by atoms with van der Waals surface area (Å²) in [6, 6.07) is 4.91. The molecule has 0 radical (unpaired) electrons. The van der Waals surface area contributed by atoms with E-state index in [-0.39, 0.29) is 18.1 Å². The number of rotatable bonds is 8. The second-order valence-electron chi connectivity index (χ2n) is 5.60. The zero-order valence-corrected chi connectivity index (χ0v) is 14.8. The predicted octanol–water partition coefficient (Wildman–Crippen LogP) is 2.39. The number of H-pyrrole nitrogens is 1. The van der Waals surface area contributed by atoms with Crippen molar-refractivity contribution in [3.63, 3.8) is 0 Å². The summed E-state index contributed by atoms with van der Waals surface area (Å²) in [7, 11) is 0. The molecule has 0 spiro atoms. The number of carboxylic acid groups (broad SMARTS) is 1. The fourth-order valence-corrected chi connectivity index (χ4v) is 2.89. The minimum Gasteiger partial charge on any atom is -0.480 e. The normalized spacial score (nSPS) is 12.0. The van der Waals surface area contributed by atoms with E-state index in [9.17, 15) is 19.1 Å². The third kappa shape index (κ3) is 5.06. The van der Waals surface area contributed by atoms with Crippen LogP contribution in [0, 0.1) is 12.7 Å². The van der Waals surface area contributed by atoms with Gasteiger partial charge >= 0.3 is 5.97 Å². The molecule has 6 nitrogen and oxygen atoms in total. The van der Waals surface area contributed by atoms with Gasteiger partial charge in [0.15, 0.2) is 0 Å². The Hall–Kier alpha value is -2.35. The molecule has 8 heteroatoms. The quantitative estimate of drug-likeness (QED) is 0.668. The molecule has 134 valence electrons. The molecule has 0 saturated heterocycles. The molecule has 25 heavy (non-hydrogen) atoms. The minimum absolute atomic E-state index is 0.00189. The second-order valence-corrected chi connectivity index (χ2v) is 6.58. The number of carbonyl (C=O) groups excluding carboxylic acids is 1. The number of hydrogen-bond acceptors (Lipinski definition) is 4. The molecule has 2 aromatic rings. The molecule has 0 unspecified atom stereocenters. The zero-order valence-electron chi connectivity index (χ0n) is 14.0. The highest BCUT2D eigenvalue weighted by atomic mass is 32.2. The molecule has 1 aromatic heterocycles. The summed E-state index contributed by atoms with van der Waals surface area (Å²) in [6.07, 6.45) is 2.24. The number of aromatic nitrogens is 2. The average molecular weight is 365 g/mol. The fraction of sp³-hybridized carbons (Fsp3) is 0.353. The van der Waals surface area contributed by atoms with Gasteiger partial charge in [-0.1, -0.05) is 0 Å². The Balaban J connectivity index is 2.14. The first-order chi connectivity index (χ1) is 11.9. The van der Waals surface area contributed by atoms with Gasteiger partial charge in [-0.3, -0.25) is 9.89 Å². The van der Waals surface area contributed by atoms with E-state index in [1.165, 1.54) is 23.9 Å². The van der Waals surface area contributed by atoms with Gasteiger partial charge in [-0.25, -0.2) is 9.18 Å². The maximum Gasteiger partial charge on any atom is 0.326 e. The van der Waals surface area contributed by atoms with Gasteiger partial charge in [0, 0.05) is 16.8 Å². The number of thioether (sulfide) groups is 1. The molecule has 0 aliphatic heterocycles. The second kappa shape index (κ2) is 8.66. The van der Waals surface area contributed by atoms with E-state index in [4.69, 9.17) is 0 Å². The highest BCUT2D eigenvalue weighted by molar-refractivity contribution is 7.98. The molecule has 1 heterocycles. The molecule has 3 N–H and O–H groups in total. The van der Waals surface area contributed by atoms with E-state index in [0.29, 0.717) is 34.7 Å². The van der Waals surface area contributed by atoms with Gasteiger partial charge in [-0.05, 0) is 49.6 Å². The molecule has 1 aromatic carbocycles. The monoisotopic (exact) mass is 365 g/mol. The number of nitrogens with one attached hydrogen (secondary N) is 2. The Morgan fingerprint density at radius 2 is 2.04 bits per heavy atom. The first kappa shape index (κ1) is 19.0. The first-order valence-electron chi connectivity index (χ1n) is 7.73. The maximum absolute atomic E-state index is 13.1. The summed E-state index contributed by atoms with van der Waals surface area (Å²) >= 11 is 1.52. The van der Waals surface area contributed by atoms with E-state index in [1.807, 2.05) is 6.26 Å². The summed E-state index contributed by atoms with van der Waals surface area (Å²) in [5.41, 5.74) is 2.62. The Kier molecular flexibility index (Phi) is 6.58. The van der Waals surface area contributed by atoms with E-state index in [0.717, 1.165) is 0 Å². The molecular weight excluding hydrogens is 345 g/mol. The van der Waals surface area contributed by atoms with Crippen LogP contribution in [0.3, 0.4) is 0 Å². The number of carbonyl (C=O) groups is 2. The SMILES string of the molecule is CSCC[C@@H](NC(=O)Cc1c(-c2ccc(F)cc2)n[nH]c1C)C(=O)O. The number of halogens is 1. The highest BCUT2D eigenvalue weighted by Crippen LogP contribution is 2.24. The van der Waals surface area contributed by atoms with Crippen LogP contribution in [0.2, 0.25) is 0 Å². The van der Waals surface area contributed by atoms with Crippen LogP contribution in [0.1, 0.15) is 17.7 Å². The number of aryl methyl sites for hydroxylation is 1. The standard InChI is InChI=1S/C17H20FN3O3S/c1-10-13(9-15(22)19-14(17(23)24)7-8-25-2)16(21-20-10)11-3-5-12(18)6-4-11/h3-6,14H,7-9H2,1-2H3,(H,19,22)(H,20,21)(H,23,24)/t14-/m1/s1. The molecule has 0 aliphatic rings. The largest absolute Gasteiger partial charge is 0.480 e. The highest BCUT2D eigenvalue weighted by Gasteiger charge is 2.22. The molecule has 0 aliphatic carbocycles. The fourth-order valence-electron chi connectivity index (χ4n) is 2.41. The maximum atomic E-state index is 13.1. The Morgan fingerprint density at radius 1 is 1.36 bits per heavy atom. The Bertz CT molecular complexity index is 746. The van der Waals surface area contributed by atoms with Crippen LogP contribution < -0.4 is 5.32 Å². The van der Waals surface area contributed by atoms with Gasteiger partial charge < -0.3 is 10.4 Å². The van der Waals surface area contributed by atoms with Crippen LogP contribution in [0.15, 0.2) is 24.3 Å². The molecule has 1 atom stereocenters. The van der Waals surface area contributed by atoms with Gasteiger partial charge in [-0.15, -0.1) is 0 Å². The van der Waals surface area contributed by atoms with Crippen molar-refractivity contribution in [2.45, 2.75) is 25.8 Å². The Labute approximate surface area is 149 Å². The minimum atomic E-state index is -1.05. The smallest absolute Gasteiger partial charge is 0.326 e. The van der Waals surface area contributed by atoms with Crippen molar-refractivity contribution in [2.24, 2.45) is 0 Å². The lowest BCUT2D eigenvalue weighted by Gasteiger charge is -2.14. The molecule has 0 fully saturated rings. The van der Waals surface area contributed by atoms with Gasteiger partial charge in [0.05, 0.1) is 12.1 Å². The third-order valence-corrected chi connectivity index (χ3v) is 4.42. The first-order valence-corrected chi connectivity index (χ1v) is 9.12. The van der Waals surface area contributed by atoms with Crippen LogP contribution in [0.4, 0.5) is 4.39 Å². The lowest BCUT2D eigenvalue weighted by atomic mass is 10.0. The van der Waals surface area contributed by atoms with Crippen LogP contribution in [-0.4, -0.2) is 45.2 Å². The number of amides is 1. The zero-order chi connectivity index (χ0) is 18.4. The van der Waals surface area contributed by atoms with E-state index >= 15 is 0 Å². The van der Waals surface area contributed by atoms with Crippen molar-refractivity contribution in [1.82, 2.24) is 15.5 Å². The van der Waals surface area contributed by atoms with E-state index < -0.39 is 12.0 Å². The van der Waals surface area contributed by atoms with Gasteiger partial charge in [0.25, 0.3) is 0 Å². The van der Waals surface area contributed by atoms with E-state index in [2.05, 4.69) is 15.5 Å². The van der Waals surface area contributed by atoms with Gasteiger partial charge in [0.1, 0.15) is 11.9 Å². The van der Waals surface area contributed by atoms with Crippen LogP contribution in [0.25, 0.3) is 11.3 Å². The van der Waals surface area contributed by atoms with Crippen LogP contribution in [-0.2, 0) is 16.0 Å². The summed E-state index contributed by atoms with van der Waals surface area (Å²) in [5.74, 6) is -1.15. The number of nitrogens with zero attached hydrogens (tertiary/aromatic N) is 1. The van der Waals surface area contributed by atoms with Crippen molar-refractivity contribution >= 4 is 23.6 Å². The number of benzene rings is 1. The predicted molar refractivity (Wildman–Crippen MR) is 95.0 cm³/mol. The lowest BCUT2D eigenvalue weighted by Crippen LogP contribution is -2.42. The molecule has 0 saturated carbocycles. The topological polar surface area (TPSA) is 95.1 Å². The number of carboxylic acids is 1. The Morgan fingerprint density at radius 3 is 2.64 bits per heavy atom. The lowest BCUT2D eigenvalue weighted by molar-refractivity contribution is -0.141. The van der Waals surface area contributed by atoms with Crippen molar-refractivity contribution in [3.8, 4) is 11.3 Å². The van der Waals surface area contributed by atoms with Gasteiger partial charge in [0.2, 0.25) is 5.91 Å². The van der Waals surface area contributed by atoms with Crippen LogP contribution in [0.5, 0.6) is 0 Å². The summed E-state index contributed by atoms with van der Waals surface area (Å²) in [4.78, 5) is 23.5. The van der Waals surface area contributed by atoms with Gasteiger partial charge in [-0.2, -0.15) is 16.9 Å².